The van der Waals surface area contributed by atoms with Gasteiger partial charge < -0.3 is 14.8 Å². The van der Waals surface area contributed by atoms with Crippen molar-refractivity contribution in [2.45, 2.75) is 40.0 Å². The van der Waals surface area contributed by atoms with E-state index in [1.165, 1.54) is 36.8 Å². The Morgan fingerprint density at radius 2 is 1.75 bits per heavy atom. The molecular formula is C27H30FN3O5. The van der Waals surface area contributed by atoms with Gasteiger partial charge in [0.25, 0.3) is 11.8 Å². The van der Waals surface area contributed by atoms with Gasteiger partial charge in [-0.2, -0.15) is 5.10 Å². The molecule has 4 rings (SSSR count). The molecule has 36 heavy (non-hydrogen) atoms. The number of fused-ring (bicyclic) bond motifs is 2. The first kappa shape index (κ1) is 25.3. The van der Waals surface area contributed by atoms with Crippen LogP contribution in [0.25, 0.3) is 0 Å². The molecule has 2 fully saturated rings. The monoisotopic (exact) mass is 495 g/mol. The Morgan fingerprint density at radius 3 is 2.44 bits per heavy atom. The number of para-hydroxylation sites is 2. The number of rotatable bonds is 8. The second kappa shape index (κ2) is 10.1. The summed E-state index contributed by atoms with van der Waals surface area (Å²) < 4.78 is 24.3. The highest BCUT2D eigenvalue weighted by Crippen LogP contribution is 2.63. The van der Waals surface area contributed by atoms with Crippen LogP contribution in [0.1, 0.15) is 50.4 Å². The number of anilines is 1. The van der Waals surface area contributed by atoms with Crippen LogP contribution in [0.4, 0.5) is 10.1 Å². The Morgan fingerprint density at radius 1 is 1.03 bits per heavy atom. The molecule has 2 aliphatic rings. The smallest absolute Gasteiger partial charge is 0.342 e. The first-order valence-electron chi connectivity index (χ1n) is 11.9. The average Bonchev–Trinajstić information content (AvgIpc) is 3.20. The third-order valence-corrected chi connectivity index (χ3v) is 7.78. The van der Waals surface area contributed by atoms with Crippen LogP contribution in [0.3, 0.4) is 0 Å². The van der Waals surface area contributed by atoms with Gasteiger partial charge in [0.2, 0.25) is 0 Å². The van der Waals surface area contributed by atoms with Gasteiger partial charge in [0.1, 0.15) is 17.1 Å². The molecule has 0 aromatic heterocycles. The highest BCUT2D eigenvalue weighted by Gasteiger charge is 2.60. The molecule has 190 valence electrons. The van der Waals surface area contributed by atoms with E-state index in [1.54, 1.807) is 18.2 Å². The van der Waals surface area contributed by atoms with E-state index in [0.29, 0.717) is 5.92 Å². The number of amides is 2. The summed E-state index contributed by atoms with van der Waals surface area (Å²) in [5, 5.41) is 6.76. The number of nitrogens with zero attached hydrogens (tertiary/aromatic N) is 1. The molecule has 0 saturated heterocycles. The third-order valence-electron chi connectivity index (χ3n) is 7.78. The van der Waals surface area contributed by atoms with Gasteiger partial charge in [-0.3, -0.25) is 9.59 Å². The van der Waals surface area contributed by atoms with Crippen molar-refractivity contribution in [3.8, 4) is 5.75 Å². The molecule has 0 spiro atoms. The van der Waals surface area contributed by atoms with Crippen LogP contribution in [-0.2, 0) is 14.3 Å². The molecule has 0 radical (unpaired) electrons. The van der Waals surface area contributed by atoms with Crippen molar-refractivity contribution in [2.24, 2.45) is 21.8 Å². The summed E-state index contributed by atoms with van der Waals surface area (Å²) >= 11 is 0. The fourth-order valence-corrected chi connectivity index (χ4v) is 5.12. The molecule has 2 aliphatic carbocycles. The second-order valence-electron chi connectivity index (χ2n) is 9.98. The number of esters is 1. The van der Waals surface area contributed by atoms with Crippen LogP contribution in [0.15, 0.2) is 53.6 Å². The number of hydrogen-bond donors (Lipinski definition) is 2. The standard InChI is InChI=1S/C27H30FN3O5/c1-26(2)17-12-13-27(26,3)22(14-17)30-31-24(33)16-36-25(34)18-8-4-7-11-21(18)35-15-23(32)29-20-10-6-5-9-19(20)28/h4-11,17H,12-16H2,1-3H3,(H,29,32)(H,31,33)/b30-22-. The van der Waals surface area contributed by atoms with Crippen LogP contribution >= 0.6 is 0 Å². The Labute approximate surface area is 209 Å². The third kappa shape index (κ3) is 4.96. The Kier molecular flexibility index (Phi) is 7.10. The fourth-order valence-electron chi connectivity index (χ4n) is 5.12. The lowest BCUT2D eigenvalue weighted by Gasteiger charge is -2.34. The van der Waals surface area contributed by atoms with Gasteiger partial charge in [-0.1, -0.05) is 45.0 Å². The van der Waals surface area contributed by atoms with Crippen molar-refractivity contribution in [1.29, 1.82) is 0 Å². The number of hydrogen-bond acceptors (Lipinski definition) is 6. The van der Waals surface area contributed by atoms with E-state index in [4.69, 9.17) is 9.47 Å². The van der Waals surface area contributed by atoms with Crippen LogP contribution in [0.5, 0.6) is 5.75 Å². The number of carbonyl (C=O) groups excluding carboxylic acids is 3. The van der Waals surface area contributed by atoms with Gasteiger partial charge in [0, 0.05) is 11.1 Å². The van der Waals surface area contributed by atoms with Gasteiger partial charge in [-0.15, -0.1) is 0 Å². The molecule has 8 nitrogen and oxygen atoms in total. The molecular weight excluding hydrogens is 465 g/mol. The predicted octanol–water partition coefficient (Wildman–Crippen LogP) is 4.32. The minimum absolute atomic E-state index is 0.0244. The van der Waals surface area contributed by atoms with E-state index in [1.807, 2.05) is 0 Å². The highest BCUT2D eigenvalue weighted by atomic mass is 19.1. The summed E-state index contributed by atoms with van der Waals surface area (Å²) in [6, 6.07) is 11.9. The minimum atomic E-state index is -0.782. The van der Waals surface area contributed by atoms with Crippen molar-refractivity contribution in [3.05, 3.63) is 59.9 Å². The second-order valence-corrected chi connectivity index (χ2v) is 9.98. The predicted molar refractivity (Wildman–Crippen MR) is 132 cm³/mol. The van der Waals surface area contributed by atoms with Gasteiger partial charge in [-0.05, 0) is 54.9 Å². The number of carbonyl (C=O) groups is 3. The number of ether oxygens (including phenoxy) is 2. The van der Waals surface area contributed by atoms with E-state index in [-0.39, 0.29) is 27.8 Å². The van der Waals surface area contributed by atoms with Crippen molar-refractivity contribution in [2.75, 3.05) is 18.5 Å². The summed E-state index contributed by atoms with van der Waals surface area (Å²) in [6.07, 6.45) is 3.07. The molecule has 0 aliphatic heterocycles. The maximum Gasteiger partial charge on any atom is 0.342 e. The topological polar surface area (TPSA) is 106 Å². The van der Waals surface area contributed by atoms with Gasteiger partial charge in [0.15, 0.2) is 13.2 Å². The summed E-state index contributed by atoms with van der Waals surface area (Å²) in [5.74, 6) is -1.83. The maximum atomic E-state index is 13.7. The molecule has 2 aromatic carbocycles. The Bertz CT molecular complexity index is 1210. The van der Waals surface area contributed by atoms with E-state index >= 15 is 0 Å². The first-order chi connectivity index (χ1) is 17.1. The lowest BCUT2D eigenvalue weighted by molar-refractivity contribution is -0.124. The van der Waals surface area contributed by atoms with E-state index in [2.05, 4.69) is 36.6 Å². The molecule has 2 saturated carbocycles. The Hall–Kier alpha value is -3.75. The number of benzene rings is 2. The lowest BCUT2D eigenvalue weighted by Crippen LogP contribution is -2.35. The molecule has 0 heterocycles. The molecule has 2 atom stereocenters. The molecule has 2 unspecified atom stereocenters. The normalized spacial score (nSPS) is 22.8. The van der Waals surface area contributed by atoms with E-state index in [0.717, 1.165) is 18.6 Å². The Balaban J connectivity index is 1.29. The zero-order valence-electron chi connectivity index (χ0n) is 20.6. The number of halogens is 1. The van der Waals surface area contributed by atoms with Crippen molar-refractivity contribution < 1.29 is 28.2 Å². The lowest BCUT2D eigenvalue weighted by atomic mass is 9.70. The molecule has 2 bridgehead atoms. The summed E-state index contributed by atoms with van der Waals surface area (Å²) in [5.41, 5.74) is 3.67. The highest BCUT2D eigenvalue weighted by molar-refractivity contribution is 5.96. The number of nitrogens with one attached hydrogen (secondary N) is 2. The van der Waals surface area contributed by atoms with Crippen LogP contribution < -0.4 is 15.5 Å². The molecule has 2 N–H and O–H groups in total. The zero-order valence-corrected chi connectivity index (χ0v) is 20.6. The van der Waals surface area contributed by atoms with Crippen molar-refractivity contribution in [3.63, 3.8) is 0 Å². The van der Waals surface area contributed by atoms with Crippen LogP contribution in [0.2, 0.25) is 0 Å². The van der Waals surface area contributed by atoms with Crippen molar-refractivity contribution >= 4 is 29.2 Å². The molecule has 2 aromatic rings. The van der Waals surface area contributed by atoms with E-state index in [9.17, 15) is 18.8 Å². The molecule has 2 amide bonds. The van der Waals surface area contributed by atoms with Crippen molar-refractivity contribution in [1.82, 2.24) is 5.43 Å². The van der Waals surface area contributed by atoms with Gasteiger partial charge in [-0.25, -0.2) is 14.6 Å². The minimum Gasteiger partial charge on any atom is -0.483 e. The summed E-state index contributed by atoms with van der Waals surface area (Å²) in [4.78, 5) is 37.0. The summed E-state index contributed by atoms with van der Waals surface area (Å²) in [7, 11) is 0. The number of hydrazone groups is 1. The maximum absolute atomic E-state index is 13.7. The first-order valence-corrected chi connectivity index (χ1v) is 11.9. The molecule has 9 heteroatoms. The quantitative estimate of drug-likeness (QED) is 0.419. The largest absolute Gasteiger partial charge is 0.483 e. The van der Waals surface area contributed by atoms with Crippen LogP contribution in [-0.4, -0.2) is 36.7 Å². The summed E-state index contributed by atoms with van der Waals surface area (Å²) in [6.45, 7) is 5.73. The zero-order chi connectivity index (χ0) is 25.9. The van der Waals surface area contributed by atoms with Gasteiger partial charge >= 0.3 is 5.97 Å². The van der Waals surface area contributed by atoms with Gasteiger partial charge in [0.05, 0.1) is 5.69 Å². The van der Waals surface area contributed by atoms with E-state index < -0.39 is 36.8 Å². The SMILES string of the molecule is CC12CCC(C/C1=N/NC(=O)COC(=O)c1ccccc1OCC(=O)Nc1ccccc1F)C2(C)C. The average molecular weight is 496 g/mol. The fraction of sp³-hybridized carbons (Fsp3) is 0.407. The van der Waals surface area contributed by atoms with Crippen LogP contribution in [0, 0.1) is 22.6 Å².